The Morgan fingerprint density at radius 3 is 2.56 bits per heavy atom. The van der Waals surface area contributed by atoms with E-state index in [0.29, 0.717) is 0 Å². The minimum absolute atomic E-state index is 0.0590. The molecule has 0 radical (unpaired) electrons. The lowest BCUT2D eigenvalue weighted by Crippen LogP contribution is -2.36. The number of rotatable bonds is 1. The van der Waals surface area contributed by atoms with Crippen molar-refractivity contribution in [1.82, 2.24) is 5.01 Å². The molecule has 1 aliphatic rings. The first kappa shape index (κ1) is 10.8. The molecule has 1 aromatic rings. The Balaban J connectivity index is 2.41. The van der Waals surface area contributed by atoms with Gasteiger partial charge in [0.1, 0.15) is 0 Å². The van der Waals surface area contributed by atoms with Gasteiger partial charge in [-0.15, -0.1) is 0 Å². The number of nitrogens with zero attached hydrogens (tertiary/aromatic N) is 2. The van der Waals surface area contributed by atoms with E-state index in [0.717, 1.165) is 0 Å². The van der Waals surface area contributed by atoms with Gasteiger partial charge in [0.25, 0.3) is 0 Å². The third-order valence-corrected chi connectivity index (χ3v) is 3.91. The number of sulfone groups is 1. The average Bonchev–Trinajstić information content (AvgIpc) is 2.30. The maximum atomic E-state index is 12.1. The average molecular weight is 237 g/mol. The second-order valence-electron chi connectivity index (χ2n) is 3.31. The first-order chi connectivity index (χ1) is 7.60. The van der Waals surface area contributed by atoms with Gasteiger partial charge < -0.3 is 5.01 Å². The van der Waals surface area contributed by atoms with Gasteiger partial charge >= 0.3 is 0 Å². The van der Waals surface area contributed by atoms with Gasteiger partial charge in [-0.2, -0.15) is 0 Å². The highest BCUT2D eigenvalue weighted by Gasteiger charge is 2.24. The van der Waals surface area contributed by atoms with E-state index in [4.69, 9.17) is 5.84 Å². The van der Waals surface area contributed by atoms with E-state index in [2.05, 4.69) is 4.99 Å². The second-order valence-corrected chi connectivity index (χ2v) is 5.26. The molecule has 0 atom stereocenters. The lowest BCUT2D eigenvalue weighted by atomic mass is 10.4. The summed E-state index contributed by atoms with van der Waals surface area (Å²) in [7, 11) is -3.52. The molecule has 6 heteroatoms. The Morgan fingerprint density at radius 1 is 1.25 bits per heavy atom. The Bertz CT molecular complexity index is 534. The van der Waals surface area contributed by atoms with Gasteiger partial charge in [-0.05, 0) is 12.1 Å². The summed E-state index contributed by atoms with van der Waals surface area (Å²) >= 11 is 0. The number of nitrogens with two attached hydrogens (primary N) is 1. The van der Waals surface area contributed by atoms with Crippen LogP contribution in [0.2, 0.25) is 0 Å². The molecule has 84 valence electrons. The molecule has 0 saturated heterocycles. The highest BCUT2D eigenvalue weighted by atomic mass is 32.2. The monoisotopic (exact) mass is 237 g/mol. The molecule has 16 heavy (non-hydrogen) atoms. The molecule has 1 aromatic carbocycles. The predicted octanol–water partition coefficient (Wildman–Crippen LogP) is 0.519. The van der Waals surface area contributed by atoms with Crippen molar-refractivity contribution in [2.45, 2.75) is 4.90 Å². The van der Waals surface area contributed by atoms with Crippen molar-refractivity contribution < 1.29 is 8.42 Å². The molecule has 2 N–H and O–H groups in total. The number of aliphatic imine (C=N–C) groups is 1. The van der Waals surface area contributed by atoms with Crippen molar-refractivity contribution in [2.24, 2.45) is 10.8 Å². The SMILES string of the molecule is NN1C=CN=C(S(=O)(=O)c2ccccc2)C1. The molecule has 0 unspecified atom stereocenters. The highest BCUT2D eigenvalue weighted by Crippen LogP contribution is 2.14. The number of hydrogen-bond donors (Lipinski definition) is 1. The molecule has 0 fully saturated rings. The lowest BCUT2D eigenvalue weighted by molar-refractivity contribution is 0.446. The summed E-state index contributed by atoms with van der Waals surface area (Å²) in [5.74, 6) is 5.50. The quantitative estimate of drug-likeness (QED) is 0.722. The van der Waals surface area contributed by atoms with Crippen LogP contribution in [-0.2, 0) is 9.84 Å². The van der Waals surface area contributed by atoms with E-state index in [1.54, 1.807) is 18.2 Å². The topological polar surface area (TPSA) is 75.8 Å². The molecular weight excluding hydrogens is 226 g/mol. The van der Waals surface area contributed by atoms with E-state index in [-0.39, 0.29) is 16.5 Å². The van der Waals surface area contributed by atoms with Gasteiger partial charge in [-0.25, -0.2) is 19.3 Å². The Kier molecular flexibility index (Phi) is 2.76. The van der Waals surface area contributed by atoms with Crippen LogP contribution < -0.4 is 5.84 Å². The molecule has 0 spiro atoms. The molecule has 2 rings (SSSR count). The van der Waals surface area contributed by atoms with Gasteiger partial charge in [0.2, 0.25) is 9.84 Å². The Morgan fingerprint density at radius 2 is 1.94 bits per heavy atom. The smallest absolute Gasteiger partial charge is 0.221 e. The van der Waals surface area contributed by atoms with E-state index in [9.17, 15) is 8.42 Å². The molecular formula is C10H11N3O2S. The van der Waals surface area contributed by atoms with Crippen LogP contribution in [0.5, 0.6) is 0 Å². The minimum atomic E-state index is -3.52. The van der Waals surface area contributed by atoms with Crippen LogP contribution in [0.25, 0.3) is 0 Å². The predicted molar refractivity (Wildman–Crippen MR) is 61.1 cm³/mol. The molecule has 1 heterocycles. The van der Waals surface area contributed by atoms with Gasteiger partial charge in [-0.3, -0.25) is 0 Å². The standard InChI is InChI=1S/C10H11N3O2S/c11-13-7-6-12-10(8-13)16(14,15)9-4-2-1-3-5-9/h1-7H,8,11H2. The fraction of sp³-hybridized carbons (Fsp3) is 0.100. The zero-order valence-electron chi connectivity index (χ0n) is 8.45. The van der Waals surface area contributed by atoms with Crippen molar-refractivity contribution in [3.63, 3.8) is 0 Å². The van der Waals surface area contributed by atoms with Gasteiger partial charge in [0, 0.05) is 12.4 Å². The van der Waals surface area contributed by atoms with Gasteiger partial charge in [0.15, 0.2) is 5.04 Å². The number of hydrazine groups is 1. The summed E-state index contributed by atoms with van der Waals surface area (Å²) in [4.78, 5) is 4.09. The first-order valence-electron chi connectivity index (χ1n) is 4.65. The molecule has 0 aromatic heterocycles. The molecule has 0 aliphatic carbocycles. The van der Waals surface area contributed by atoms with E-state index in [1.165, 1.54) is 29.5 Å². The first-order valence-corrected chi connectivity index (χ1v) is 6.14. The fourth-order valence-corrected chi connectivity index (χ4v) is 2.65. The van der Waals surface area contributed by atoms with Crippen LogP contribution >= 0.6 is 0 Å². The Hall–Kier alpha value is -1.66. The normalized spacial score (nSPS) is 16.1. The summed E-state index contributed by atoms with van der Waals surface area (Å²) in [6.45, 7) is 0.0910. The highest BCUT2D eigenvalue weighted by molar-refractivity contribution is 8.06. The lowest BCUT2D eigenvalue weighted by Gasteiger charge is -2.17. The van der Waals surface area contributed by atoms with Crippen LogP contribution in [0.15, 0.2) is 52.6 Å². The summed E-state index contributed by atoms with van der Waals surface area (Å²) in [6.07, 6.45) is 2.89. The summed E-state index contributed by atoms with van der Waals surface area (Å²) in [5.41, 5.74) is 0. The van der Waals surface area contributed by atoms with Crippen LogP contribution in [0, 0.1) is 0 Å². The molecule has 5 nitrogen and oxygen atoms in total. The van der Waals surface area contributed by atoms with Crippen molar-refractivity contribution in [2.75, 3.05) is 6.54 Å². The van der Waals surface area contributed by atoms with Gasteiger partial charge in [0.05, 0.1) is 11.4 Å². The van der Waals surface area contributed by atoms with Crippen LogP contribution in [0.1, 0.15) is 0 Å². The molecule has 0 amide bonds. The summed E-state index contributed by atoms with van der Waals surface area (Å²) < 4.78 is 24.2. The maximum absolute atomic E-state index is 12.1. The minimum Gasteiger partial charge on any atom is -0.310 e. The van der Waals surface area contributed by atoms with Crippen molar-refractivity contribution in [1.29, 1.82) is 0 Å². The van der Waals surface area contributed by atoms with Crippen molar-refractivity contribution >= 4 is 14.9 Å². The fourth-order valence-electron chi connectivity index (χ4n) is 1.34. The molecule has 0 bridgehead atoms. The van der Waals surface area contributed by atoms with E-state index in [1.807, 2.05) is 0 Å². The van der Waals surface area contributed by atoms with Crippen LogP contribution in [-0.4, -0.2) is 25.0 Å². The van der Waals surface area contributed by atoms with Crippen LogP contribution in [0.4, 0.5) is 0 Å². The van der Waals surface area contributed by atoms with Crippen LogP contribution in [0.3, 0.4) is 0 Å². The van der Waals surface area contributed by atoms with Crippen molar-refractivity contribution in [3.05, 3.63) is 42.7 Å². The Labute approximate surface area is 93.8 Å². The molecule has 0 saturated carbocycles. The summed E-state index contributed by atoms with van der Waals surface area (Å²) in [5, 5.41) is 1.34. The summed E-state index contributed by atoms with van der Waals surface area (Å²) in [6, 6.07) is 8.18. The number of hydrogen-bond acceptors (Lipinski definition) is 5. The largest absolute Gasteiger partial charge is 0.310 e. The zero-order chi connectivity index (χ0) is 11.6. The van der Waals surface area contributed by atoms with E-state index < -0.39 is 9.84 Å². The number of benzene rings is 1. The van der Waals surface area contributed by atoms with Gasteiger partial charge in [-0.1, -0.05) is 18.2 Å². The maximum Gasteiger partial charge on any atom is 0.221 e. The van der Waals surface area contributed by atoms with E-state index >= 15 is 0 Å². The van der Waals surface area contributed by atoms with Crippen molar-refractivity contribution in [3.8, 4) is 0 Å². The molecule has 1 aliphatic heterocycles. The third-order valence-electron chi connectivity index (χ3n) is 2.16. The zero-order valence-corrected chi connectivity index (χ0v) is 9.26. The second kappa shape index (κ2) is 4.07. The third kappa shape index (κ3) is 1.98.